The third kappa shape index (κ3) is 8.26. The Morgan fingerprint density at radius 3 is 1.54 bits per heavy atom. The lowest BCUT2D eigenvalue weighted by Crippen LogP contribution is -2.26. The predicted octanol–water partition coefficient (Wildman–Crippen LogP) is 2.87. The van der Waals surface area contributed by atoms with Crippen molar-refractivity contribution in [1.82, 2.24) is 0 Å². The van der Waals surface area contributed by atoms with Crippen LogP contribution in [0.15, 0.2) is 0 Å². The van der Waals surface area contributed by atoms with Gasteiger partial charge in [-0.15, -0.1) is 0 Å². The SMILES string of the molecule is CCCOCC(C)(C)COCCC. The first-order chi connectivity index (χ1) is 6.12. The maximum Gasteiger partial charge on any atom is 0.0539 e. The van der Waals surface area contributed by atoms with Crippen LogP contribution in [0.1, 0.15) is 40.5 Å². The van der Waals surface area contributed by atoms with Crippen molar-refractivity contribution >= 4 is 0 Å². The molecule has 0 aliphatic rings. The van der Waals surface area contributed by atoms with E-state index in [0.717, 1.165) is 39.3 Å². The zero-order valence-corrected chi connectivity index (χ0v) is 9.56. The van der Waals surface area contributed by atoms with Crippen LogP contribution in [-0.4, -0.2) is 26.4 Å². The van der Waals surface area contributed by atoms with E-state index in [1.807, 2.05) is 0 Å². The van der Waals surface area contributed by atoms with Gasteiger partial charge in [0.2, 0.25) is 0 Å². The molecule has 0 heterocycles. The van der Waals surface area contributed by atoms with Gasteiger partial charge in [-0.1, -0.05) is 27.7 Å². The summed E-state index contributed by atoms with van der Waals surface area (Å²) in [6.07, 6.45) is 2.18. The highest BCUT2D eigenvalue weighted by Crippen LogP contribution is 2.15. The molecule has 0 atom stereocenters. The Morgan fingerprint density at radius 1 is 0.846 bits per heavy atom. The van der Waals surface area contributed by atoms with E-state index >= 15 is 0 Å². The minimum absolute atomic E-state index is 0.157. The maximum atomic E-state index is 5.50. The van der Waals surface area contributed by atoms with Crippen molar-refractivity contribution < 1.29 is 9.47 Å². The molecule has 0 fully saturated rings. The first-order valence-corrected chi connectivity index (χ1v) is 5.28. The molecule has 0 aliphatic heterocycles. The van der Waals surface area contributed by atoms with Gasteiger partial charge in [0.15, 0.2) is 0 Å². The second-order valence-corrected chi connectivity index (χ2v) is 4.27. The van der Waals surface area contributed by atoms with E-state index in [2.05, 4.69) is 27.7 Å². The normalized spacial score (nSPS) is 12.0. The molecule has 0 aromatic carbocycles. The third-order valence-corrected chi connectivity index (χ3v) is 1.68. The van der Waals surface area contributed by atoms with Crippen LogP contribution in [0, 0.1) is 5.41 Å². The van der Waals surface area contributed by atoms with Gasteiger partial charge in [-0.05, 0) is 12.8 Å². The summed E-state index contributed by atoms with van der Waals surface area (Å²) in [6.45, 7) is 11.9. The quantitative estimate of drug-likeness (QED) is 0.545. The lowest BCUT2D eigenvalue weighted by molar-refractivity contribution is -0.00297. The highest BCUT2D eigenvalue weighted by molar-refractivity contribution is 4.66. The van der Waals surface area contributed by atoms with Gasteiger partial charge in [-0.2, -0.15) is 0 Å². The van der Waals surface area contributed by atoms with Crippen LogP contribution in [0.2, 0.25) is 0 Å². The van der Waals surface area contributed by atoms with Crippen LogP contribution in [0.4, 0.5) is 0 Å². The van der Waals surface area contributed by atoms with E-state index in [0.29, 0.717) is 0 Å². The minimum atomic E-state index is 0.157. The van der Waals surface area contributed by atoms with Crippen molar-refractivity contribution in [3.63, 3.8) is 0 Å². The Morgan fingerprint density at radius 2 is 1.23 bits per heavy atom. The summed E-state index contributed by atoms with van der Waals surface area (Å²) >= 11 is 0. The molecule has 13 heavy (non-hydrogen) atoms. The third-order valence-electron chi connectivity index (χ3n) is 1.68. The fourth-order valence-electron chi connectivity index (χ4n) is 1.03. The Balaban J connectivity index is 3.42. The van der Waals surface area contributed by atoms with E-state index in [9.17, 15) is 0 Å². The highest BCUT2D eigenvalue weighted by atomic mass is 16.5. The Labute approximate surface area is 82.6 Å². The van der Waals surface area contributed by atoms with Crippen LogP contribution in [-0.2, 0) is 9.47 Å². The molecule has 0 N–H and O–H groups in total. The summed E-state index contributed by atoms with van der Waals surface area (Å²) in [5.74, 6) is 0. The summed E-state index contributed by atoms with van der Waals surface area (Å²) in [6, 6.07) is 0. The van der Waals surface area contributed by atoms with Crippen LogP contribution in [0.5, 0.6) is 0 Å². The van der Waals surface area contributed by atoms with E-state index in [1.165, 1.54) is 0 Å². The van der Waals surface area contributed by atoms with Gasteiger partial charge >= 0.3 is 0 Å². The molecule has 0 rings (SSSR count). The molecular formula is C11H24O2. The zero-order valence-electron chi connectivity index (χ0n) is 9.56. The Hall–Kier alpha value is -0.0800. The van der Waals surface area contributed by atoms with Crippen LogP contribution < -0.4 is 0 Å². The lowest BCUT2D eigenvalue weighted by atomic mass is 9.96. The summed E-state index contributed by atoms with van der Waals surface area (Å²) < 4.78 is 11.0. The largest absolute Gasteiger partial charge is 0.381 e. The van der Waals surface area contributed by atoms with Gasteiger partial charge in [0.1, 0.15) is 0 Å². The molecule has 0 bridgehead atoms. The second-order valence-electron chi connectivity index (χ2n) is 4.27. The Kier molecular flexibility index (Phi) is 7.29. The number of ether oxygens (including phenoxy) is 2. The molecule has 0 saturated carbocycles. The van der Waals surface area contributed by atoms with Crippen molar-refractivity contribution in [2.45, 2.75) is 40.5 Å². The Bertz CT molecular complexity index is 98.7. The zero-order chi connectivity index (χ0) is 10.2. The van der Waals surface area contributed by atoms with Crippen LogP contribution in [0.3, 0.4) is 0 Å². The van der Waals surface area contributed by atoms with Crippen molar-refractivity contribution in [2.75, 3.05) is 26.4 Å². The van der Waals surface area contributed by atoms with E-state index in [1.54, 1.807) is 0 Å². The monoisotopic (exact) mass is 188 g/mol. The molecule has 0 amide bonds. The summed E-state index contributed by atoms with van der Waals surface area (Å²) in [5.41, 5.74) is 0.157. The summed E-state index contributed by atoms with van der Waals surface area (Å²) in [4.78, 5) is 0. The predicted molar refractivity (Wildman–Crippen MR) is 56.0 cm³/mol. The van der Waals surface area contributed by atoms with Gasteiger partial charge < -0.3 is 9.47 Å². The van der Waals surface area contributed by atoms with Crippen molar-refractivity contribution in [3.8, 4) is 0 Å². The van der Waals surface area contributed by atoms with Crippen LogP contribution >= 0.6 is 0 Å². The topological polar surface area (TPSA) is 18.5 Å². The fourth-order valence-corrected chi connectivity index (χ4v) is 1.03. The van der Waals surface area contributed by atoms with Gasteiger partial charge in [0.25, 0.3) is 0 Å². The molecule has 2 heteroatoms. The second kappa shape index (κ2) is 7.34. The molecule has 0 saturated heterocycles. The van der Waals surface area contributed by atoms with Gasteiger partial charge in [-0.25, -0.2) is 0 Å². The number of rotatable bonds is 8. The summed E-state index contributed by atoms with van der Waals surface area (Å²) in [5, 5.41) is 0. The average molecular weight is 188 g/mol. The molecular weight excluding hydrogens is 164 g/mol. The molecule has 0 aliphatic carbocycles. The molecule has 80 valence electrons. The number of hydrogen-bond donors (Lipinski definition) is 0. The van der Waals surface area contributed by atoms with Crippen molar-refractivity contribution in [2.24, 2.45) is 5.41 Å². The van der Waals surface area contributed by atoms with Gasteiger partial charge in [0, 0.05) is 18.6 Å². The van der Waals surface area contributed by atoms with Crippen LogP contribution in [0.25, 0.3) is 0 Å². The van der Waals surface area contributed by atoms with E-state index < -0.39 is 0 Å². The number of hydrogen-bond acceptors (Lipinski definition) is 2. The van der Waals surface area contributed by atoms with Gasteiger partial charge in [-0.3, -0.25) is 0 Å². The molecule has 0 aromatic heterocycles. The first kappa shape index (κ1) is 12.9. The molecule has 0 radical (unpaired) electrons. The highest BCUT2D eigenvalue weighted by Gasteiger charge is 2.17. The first-order valence-electron chi connectivity index (χ1n) is 5.28. The lowest BCUT2D eigenvalue weighted by Gasteiger charge is -2.23. The smallest absolute Gasteiger partial charge is 0.0539 e. The summed E-state index contributed by atoms with van der Waals surface area (Å²) in [7, 11) is 0. The van der Waals surface area contributed by atoms with Gasteiger partial charge in [0.05, 0.1) is 13.2 Å². The minimum Gasteiger partial charge on any atom is -0.381 e. The average Bonchev–Trinajstić information content (AvgIpc) is 2.05. The maximum absolute atomic E-state index is 5.50. The van der Waals surface area contributed by atoms with Crippen molar-refractivity contribution in [3.05, 3.63) is 0 Å². The standard InChI is InChI=1S/C11H24O2/c1-5-7-12-9-11(3,4)10-13-8-6-2/h5-10H2,1-4H3. The molecule has 2 nitrogen and oxygen atoms in total. The van der Waals surface area contributed by atoms with Crippen molar-refractivity contribution in [1.29, 1.82) is 0 Å². The molecule has 0 unspecified atom stereocenters. The fraction of sp³-hybridized carbons (Fsp3) is 1.00. The van der Waals surface area contributed by atoms with E-state index in [4.69, 9.17) is 9.47 Å². The molecule has 0 spiro atoms. The van der Waals surface area contributed by atoms with E-state index in [-0.39, 0.29) is 5.41 Å². The molecule has 0 aromatic rings.